The molecular weight excluding hydrogens is 349 g/mol. The van der Waals surface area contributed by atoms with Crippen molar-refractivity contribution in [2.75, 3.05) is 5.75 Å². The molecule has 1 fully saturated rings. The lowest BCUT2D eigenvalue weighted by atomic mass is 10.2. The predicted octanol–water partition coefficient (Wildman–Crippen LogP) is 3.94. The molecule has 1 saturated heterocycles. The summed E-state index contributed by atoms with van der Waals surface area (Å²) in [6.07, 6.45) is 1.60. The monoisotopic (exact) mass is 361 g/mol. The molecule has 0 N–H and O–H groups in total. The van der Waals surface area contributed by atoms with E-state index in [1.165, 1.54) is 23.9 Å². The zero-order valence-corrected chi connectivity index (χ0v) is 14.1. The molecule has 24 heavy (non-hydrogen) atoms. The number of thioether (sulfide) groups is 1. The molecule has 0 aromatic heterocycles. The molecule has 0 aliphatic carbocycles. The van der Waals surface area contributed by atoms with Crippen molar-refractivity contribution >= 4 is 40.7 Å². The Hall–Kier alpha value is -2.18. The Kier molecular flexibility index (Phi) is 5.27. The topological polar surface area (TPSA) is 45.0 Å². The molecule has 2 aromatic carbocycles. The smallest absolute Gasteiger partial charge is 0.239 e. The molecule has 1 aliphatic heterocycles. The average molecular weight is 362 g/mol. The summed E-state index contributed by atoms with van der Waals surface area (Å²) in [6, 6.07) is 13.2. The third-order valence-corrected chi connectivity index (χ3v) is 4.53. The van der Waals surface area contributed by atoms with Gasteiger partial charge in [-0.15, -0.1) is 5.10 Å². The Balaban J connectivity index is 1.72. The molecule has 3 rings (SSSR count). The first-order valence-corrected chi connectivity index (χ1v) is 8.52. The van der Waals surface area contributed by atoms with Crippen LogP contribution >= 0.6 is 23.4 Å². The van der Waals surface area contributed by atoms with Crippen molar-refractivity contribution in [2.45, 2.75) is 6.54 Å². The van der Waals surface area contributed by atoms with E-state index in [1.54, 1.807) is 35.4 Å². The summed E-state index contributed by atoms with van der Waals surface area (Å²) >= 11 is 7.16. The third-order valence-electron chi connectivity index (χ3n) is 3.33. The lowest BCUT2D eigenvalue weighted by Crippen LogP contribution is -2.28. The molecule has 0 saturated carbocycles. The molecule has 0 radical (unpaired) electrons. The van der Waals surface area contributed by atoms with Gasteiger partial charge in [-0.1, -0.05) is 47.6 Å². The number of amides is 1. The van der Waals surface area contributed by atoms with Gasteiger partial charge >= 0.3 is 0 Å². The predicted molar refractivity (Wildman–Crippen MR) is 95.9 cm³/mol. The van der Waals surface area contributed by atoms with Crippen LogP contribution in [0.1, 0.15) is 11.1 Å². The zero-order valence-electron chi connectivity index (χ0n) is 12.5. The third kappa shape index (κ3) is 4.21. The van der Waals surface area contributed by atoms with Crippen LogP contribution in [0.25, 0.3) is 0 Å². The summed E-state index contributed by atoms with van der Waals surface area (Å²) in [5, 5.41) is 9.36. The molecule has 4 nitrogen and oxygen atoms in total. The first kappa shape index (κ1) is 16.7. The maximum Gasteiger partial charge on any atom is 0.239 e. The number of carbonyl (C=O) groups is 1. The summed E-state index contributed by atoms with van der Waals surface area (Å²) in [6.45, 7) is 0.349. The van der Waals surface area contributed by atoms with Gasteiger partial charge in [-0.05, 0) is 35.4 Å². The van der Waals surface area contributed by atoms with Gasteiger partial charge in [-0.2, -0.15) is 5.10 Å². The molecule has 2 aromatic rings. The van der Waals surface area contributed by atoms with Crippen LogP contribution in [0.5, 0.6) is 0 Å². The molecule has 1 amide bonds. The summed E-state index contributed by atoms with van der Waals surface area (Å²) < 4.78 is 13.0. The van der Waals surface area contributed by atoms with Crippen molar-refractivity contribution in [1.82, 2.24) is 4.90 Å². The van der Waals surface area contributed by atoms with Crippen LogP contribution in [-0.2, 0) is 11.3 Å². The maximum atomic E-state index is 13.0. The van der Waals surface area contributed by atoms with Crippen LogP contribution in [0.2, 0.25) is 5.02 Å². The highest BCUT2D eigenvalue weighted by molar-refractivity contribution is 8.15. The number of carbonyl (C=O) groups excluding carboxylic acids is 1. The second-order valence-electron chi connectivity index (χ2n) is 5.07. The van der Waals surface area contributed by atoms with E-state index in [1.807, 2.05) is 12.1 Å². The number of benzene rings is 2. The van der Waals surface area contributed by atoms with Gasteiger partial charge in [0.15, 0.2) is 5.17 Å². The minimum Gasteiger partial charge on any atom is -0.285 e. The van der Waals surface area contributed by atoms with Crippen molar-refractivity contribution in [1.29, 1.82) is 0 Å². The summed E-state index contributed by atoms with van der Waals surface area (Å²) in [5.41, 5.74) is 1.70. The van der Waals surface area contributed by atoms with Crippen LogP contribution in [-0.4, -0.2) is 27.9 Å². The van der Waals surface area contributed by atoms with Crippen molar-refractivity contribution in [3.63, 3.8) is 0 Å². The second kappa shape index (κ2) is 7.59. The first-order chi connectivity index (χ1) is 11.6. The van der Waals surface area contributed by atoms with Gasteiger partial charge in [0.25, 0.3) is 0 Å². The number of amidine groups is 1. The first-order valence-electron chi connectivity index (χ1n) is 7.16. The summed E-state index contributed by atoms with van der Waals surface area (Å²) in [5.74, 6) is -0.0108. The molecular formula is C17H13ClFN3OS. The zero-order chi connectivity index (χ0) is 16.9. The van der Waals surface area contributed by atoms with Crippen LogP contribution in [0.4, 0.5) is 4.39 Å². The lowest BCUT2D eigenvalue weighted by molar-refractivity contribution is -0.124. The SMILES string of the molecule is O=C1CS/C(=N/N=C\c2ccc(Cl)cc2)N1Cc1ccc(F)cc1. The number of hydrogen-bond donors (Lipinski definition) is 0. The Morgan fingerprint density at radius 3 is 2.58 bits per heavy atom. The minimum atomic E-state index is -0.303. The largest absolute Gasteiger partial charge is 0.285 e. The van der Waals surface area contributed by atoms with E-state index in [4.69, 9.17) is 11.6 Å². The van der Waals surface area contributed by atoms with Gasteiger partial charge in [0, 0.05) is 5.02 Å². The normalized spacial score (nSPS) is 16.5. The fourth-order valence-electron chi connectivity index (χ4n) is 2.09. The molecule has 0 atom stereocenters. The van der Waals surface area contributed by atoms with E-state index in [-0.39, 0.29) is 11.7 Å². The van der Waals surface area contributed by atoms with E-state index in [0.29, 0.717) is 22.5 Å². The fraction of sp³-hybridized carbons (Fsp3) is 0.118. The quantitative estimate of drug-likeness (QED) is 0.611. The number of halogens is 2. The van der Waals surface area contributed by atoms with Crippen LogP contribution in [0.3, 0.4) is 0 Å². The van der Waals surface area contributed by atoms with Crippen molar-refractivity contribution in [2.24, 2.45) is 10.2 Å². The Bertz CT molecular complexity index is 790. The summed E-state index contributed by atoms with van der Waals surface area (Å²) in [4.78, 5) is 13.6. The van der Waals surface area contributed by atoms with Gasteiger partial charge in [0.2, 0.25) is 5.91 Å². The number of rotatable bonds is 4. The standard InChI is InChI=1S/C17H13ClFN3OS/c18-14-5-1-12(2-6-14)9-20-21-17-22(16(23)11-24-17)10-13-3-7-15(19)8-4-13/h1-9H,10-11H2/b20-9-,21-17+. The van der Waals surface area contributed by atoms with Gasteiger partial charge in [0.1, 0.15) is 5.82 Å². The van der Waals surface area contributed by atoms with Crippen LogP contribution in [0.15, 0.2) is 58.7 Å². The highest BCUT2D eigenvalue weighted by atomic mass is 35.5. The Labute approximate surface area is 148 Å². The maximum absolute atomic E-state index is 13.0. The van der Waals surface area contributed by atoms with E-state index in [0.717, 1.165) is 11.1 Å². The van der Waals surface area contributed by atoms with Crippen LogP contribution in [0, 0.1) is 5.82 Å². The highest BCUT2D eigenvalue weighted by Gasteiger charge is 2.28. The Morgan fingerprint density at radius 1 is 1.17 bits per heavy atom. The van der Waals surface area contributed by atoms with E-state index in [9.17, 15) is 9.18 Å². The van der Waals surface area contributed by atoms with Crippen LogP contribution < -0.4 is 0 Å². The van der Waals surface area contributed by atoms with Gasteiger partial charge in [-0.25, -0.2) is 4.39 Å². The van der Waals surface area contributed by atoms with Crippen molar-refractivity contribution < 1.29 is 9.18 Å². The van der Waals surface area contributed by atoms with Crippen molar-refractivity contribution in [3.05, 3.63) is 70.5 Å². The van der Waals surface area contributed by atoms with Gasteiger partial charge in [-0.3, -0.25) is 9.69 Å². The minimum absolute atomic E-state index is 0.0373. The average Bonchev–Trinajstić information content (AvgIpc) is 2.92. The molecule has 0 spiro atoms. The van der Waals surface area contributed by atoms with Crippen molar-refractivity contribution in [3.8, 4) is 0 Å². The molecule has 0 bridgehead atoms. The molecule has 0 unspecified atom stereocenters. The highest BCUT2D eigenvalue weighted by Crippen LogP contribution is 2.22. The van der Waals surface area contributed by atoms with E-state index in [2.05, 4.69) is 10.2 Å². The van der Waals surface area contributed by atoms with Gasteiger partial charge < -0.3 is 0 Å². The Morgan fingerprint density at radius 2 is 1.88 bits per heavy atom. The van der Waals surface area contributed by atoms with Gasteiger partial charge in [0.05, 0.1) is 18.5 Å². The molecule has 122 valence electrons. The molecule has 1 heterocycles. The number of hydrogen-bond acceptors (Lipinski definition) is 4. The van der Waals surface area contributed by atoms with E-state index >= 15 is 0 Å². The van der Waals surface area contributed by atoms with E-state index < -0.39 is 0 Å². The second-order valence-corrected chi connectivity index (χ2v) is 6.45. The summed E-state index contributed by atoms with van der Waals surface area (Å²) in [7, 11) is 0. The lowest BCUT2D eigenvalue weighted by Gasteiger charge is -2.15. The molecule has 7 heteroatoms. The fourth-order valence-corrected chi connectivity index (χ4v) is 3.06. The number of nitrogens with zero attached hydrogens (tertiary/aromatic N) is 3. The molecule has 1 aliphatic rings.